The predicted molar refractivity (Wildman–Crippen MR) is 106 cm³/mol. The van der Waals surface area contributed by atoms with Gasteiger partial charge in [-0.25, -0.2) is 8.42 Å². The molecule has 7 heteroatoms. The summed E-state index contributed by atoms with van der Waals surface area (Å²) in [5.41, 5.74) is 1.77. The first-order chi connectivity index (χ1) is 12.3. The van der Waals surface area contributed by atoms with Gasteiger partial charge in [-0.2, -0.15) is 0 Å². The second-order valence-corrected chi connectivity index (χ2v) is 9.28. The van der Waals surface area contributed by atoms with E-state index in [2.05, 4.69) is 4.90 Å². The number of hydrogen-bond acceptors (Lipinski definition) is 4. The normalized spacial score (nSPS) is 16.0. The number of nitrogens with zero attached hydrogens (tertiary/aromatic N) is 1. The number of ether oxygens (including phenoxy) is 1. The first-order valence-electron chi connectivity index (χ1n) is 8.44. The first-order valence-corrected chi connectivity index (χ1v) is 11.1. The van der Waals surface area contributed by atoms with E-state index >= 15 is 0 Å². The fourth-order valence-electron chi connectivity index (χ4n) is 3.14. The average molecular weight is 414 g/mol. The van der Waals surface area contributed by atoms with Gasteiger partial charge in [0.25, 0.3) is 0 Å². The van der Waals surface area contributed by atoms with Crippen LogP contribution in [-0.2, 0) is 21.2 Å². The molecule has 0 unspecified atom stereocenters. The summed E-state index contributed by atoms with van der Waals surface area (Å²) >= 11 is 12.0. The standard InChI is InChI=1S/C19H21Cl2NO3S/c1-26(23,24)19-5-3-2-4-18(19)22-10-8-15(9-11-22)25-13-14-6-7-16(20)17(21)12-14/h2-7,12,15H,8-11,13H2,1H3. The summed E-state index contributed by atoms with van der Waals surface area (Å²) in [5, 5.41) is 1.06. The zero-order chi connectivity index (χ0) is 18.7. The third-order valence-electron chi connectivity index (χ3n) is 4.52. The van der Waals surface area contributed by atoms with Crippen molar-refractivity contribution in [2.75, 3.05) is 24.2 Å². The Balaban J connectivity index is 1.59. The maximum absolute atomic E-state index is 12.0. The van der Waals surface area contributed by atoms with E-state index < -0.39 is 9.84 Å². The molecule has 1 fully saturated rings. The zero-order valence-corrected chi connectivity index (χ0v) is 16.8. The summed E-state index contributed by atoms with van der Waals surface area (Å²) in [4.78, 5) is 2.50. The Hall–Kier alpha value is -1.27. The molecular weight excluding hydrogens is 393 g/mol. The topological polar surface area (TPSA) is 46.6 Å². The number of benzene rings is 2. The highest BCUT2D eigenvalue weighted by Crippen LogP contribution is 2.29. The Labute approximate surface area is 164 Å². The van der Waals surface area contributed by atoms with Crippen molar-refractivity contribution >= 4 is 38.7 Å². The van der Waals surface area contributed by atoms with Crippen molar-refractivity contribution in [1.29, 1.82) is 0 Å². The molecule has 0 amide bonds. The molecule has 4 nitrogen and oxygen atoms in total. The van der Waals surface area contributed by atoms with Gasteiger partial charge in [-0.3, -0.25) is 0 Å². The van der Waals surface area contributed by atoms with Crippen LogP contribution >= 0.6 is 23.2 Å². The van der Waals surface area contributed by atoms with Gasteiger partial charge in [0.2, 0.25) is 0 Å². The molecule has 0 N–H and O–H groups in total. The SMILES string of the molecule is CS(=O)(=O)c1ccccc1N1CCC(OCc2ccc(Cl)c(Cl)c2)CC1. The zero-order valence-electron chi connectivity index (χ0n) is 14.5. The molecule has 0 saturated carbocycles. The fourth-order valence-corrected chi connectivity index (χ4v) is 4.36. The molecule has 1 heterocycles. The monoisotopic (exact) mass is 413 g/mol. The van der Waals surface area contributed by atoms with Gasteiger partial charge in [0, 0.05) is 19.3 Å². The number of rotatable bonds is 5. The second-order valence-electron chi connectivity index (χ2n) is 6.49. The molecule has 0 spiro atoms. The molecule has 0 radical (unpaired) electrons. The van der Waals surface area contributed by atoms with Crippen molar-refractivity contribution in [2.45, 2.75) is 30.4 Å². The molecule has 2 aromatic carbocycles. The van der Waals surface area contributed by atoms with Crippen LogP contribution in [0.25, 0.3) is 0 Å². The van der Waals surface area contributed by atoms with Gasteiger partial charge < -0.3 is 9.64 Å². The molecule has 1 aliphatic rings. The third-order valence-corrected chi connectivity index (χ3v) is 6.40. The van der Waals surface area contributed by atoms with E-state index in [4.69, 9.17) is 27.9 Å². The van der Waals surface area contributed by atoms with Gasteiger partial charge in [0.1, 0.15) is 0 Å². The highest BCUT2D eigenvalue weighted by atomic mass is 35.5. The van der Waals surface area contributed by atoms with E-state index in [1.54, 1.807) is 18.2 Å². The molecule has 1 saturated heterocycles. The van der Waals surface area contributed by atoms with Crippen molar-refractivity contribution in [3.8, 4) is 0 Å². The Morgan fingerprint density at radius 1 is 1.08 bits per heavy atom. The number of halogens is 2. The second kappa shape index (κ2) is 8.17. The van der Waals surface area contributed by atoms with Crippen LogP contribution in [0.5, 0.6) is 0 Å². The molecule has 0 bridgehead atoms. The Morgan fingerprint density at radius 3 is 2.42 bits per heavy atom. The van der Waals surface area contributed by atoms with Crippen LogP contribution in [0, 0.1) is 0 Å². The van der Waals surface area contributed by atoms with Crippen molar-refractivity contribution in [2.24, 2.45) is 0 Å². The van der Waals surface area contributed by atoms with E-state index in [0.717, 1.165) is 37.2 Å². The highest BCUT2D eigenvalue weighted by molar-refractivity contribution is 7.90. The lowest BCUT2D eigenvalue weighted by atomic mass is 10.1. The van der Waals surface area contributed by atoms with Crippen LogP contribution in [0.15, 0.2) is 47.4 Å². The smallest absolute Gasteiger partial charge is 0.177 e. The highest BCUT2D eigenvalue weighted by Gasteiger charge is 2.23. The van der Waals surface area contributed by atoms with Gasteiger partial charge >= 0.3 is 0 Å². The minimum atomic E-state index is -3.25. The average Bonchev–Trinajstić information content (AvgIpc) is 2.62. The Kier molecular flexibility index (Phi) is 6.13. The fraction of sp³-hybridized carbons (Fsp3) is 0.368. The summed E-state index contributed by atoms with van der Waals surface area (Å²) in [6.07, 6.45) is 3.09. The van der Waals surface area contributed by atoms with E-state index in [1.807, 2.05) is 24.3 Å². The Morgan fingerprint density at radius 2 is 1.77 bits per heavy atom. The van der Waals surface area contributed by atoms with Crippen molar-refractivity contribution < 1.29 is 13.2 Å². The molecule has 1 aliphatic heterocycles. The van der Waals surface area contributed by atoms with Gasteiger partial charge in [-0.05, 0) is 42.7 Å². The van der Waals surface area contributed by atoms with E-state index in [1.165, 1.54) is 6.26 Å². The van der Waals surface area contributed by atoms with Crippen LogP contribution in [0.1, 0.15) is 18.4 Å². The Bertz CT molecular complexity index is 878. The molecule has 140 valence electrons. The van der Waals surface area contributed by atoms with Crippen molar-refractivity contribution in [3.05, 3.63) is 58.1 Å². The van der Waals surface area contributed by atoms with Crippen molar-refractivity contribution in [3.63, 3.8) is 0 Å². The van der Waals surface area contributed by atoms with Gasteiger partial charge in [0.05, 0.1) is 33.3 Å². The largest absolute Gasteiger partial charge is 0.373 e. The molecular formula is C19H21Cl2NO3S. The predicted octanol–water partition coefficient (Wildman–Crippen LogP) is 4.58. The van der Waals surface area contributed by atoms with Crippen LogP contribution < -0.4 is 4.90 Å². The van der Waals surface area contributed by atoms with Gasteiger partial charge in [-0.15, -0.1) is 0 Å². The third kappa shape index (κ3) is 4.71. The molecule has 0 aromatic heterocycles. The lowest BCUT2D eigenvalue weighted by Gasteiger charge is -2.34. The van der Waals surface area contributed by atoms with E-state index in [9.17, 15) is 8.42 Å². The number of hydrogen-bond donors (Lipinski definition) is 0. The summed E-state index contributed by atoms with van der Waals surface area (Å²) in [6, 6.07) is 12.7. The molecule has 3 rings (SSSR count). The number of para-hydroxylation sites is 1. The molecule has 2 aromatic rings. The van der Waals surface area contributed by atoms with E-state index in [0.29, 0.717) is 21.5 Å². The molecule has 0 atom stereocenters. The minimum absolute atomic E-state index is 0.145. The number of anilines is 1. The van der Waals surface area contributed by atoms with Crippen molar-refractivity contribution in [1.82, 2.24) is 0 Å². The van der Waals surface area contributed by atoms with Gasteiger partial charge in [0.15, 0.2) is 9.84 Å². The number of piperidine rings is 1. The first kappa shape index (κ1) is 19.5. The maximum atomic E-state index is 12.0. The summed E-state index contributed by atoms with van der Waals surface area (Å²) in [7, 11) is -3.25. The quantitative estimate of drug-likeness (QED) is 0.719. The summed E-state index contributed by atoms with van der Waals surface area (Å²) < 4.78 is 30.0. The number of sulfone groups is 1. The van der Waals surface area contributed by atoms with E-state index in [-0.39, 0.29) is 6.10 Å². The van der Waals surface area contributed by atoms with Crippen LogP contribution in [0.4, 0.5) is 5.69 Å². The minimum Gasteiger partial charge on any atom is -0.373 e. The lowest BCUT2D eigenvalue weighted by Crippen LogP contribution is -2.37. The van der Waals surface area contributed by atoms with Crippen LogP contribution in [0.2, 0.25) is 10.0 Å². The van der Waals surface area contributed by atoms with Crippen LogP contribution in [0.3, 0.4) is 0 Å². The van der Waals surface area contributed by atoms with Crippen LogP contribution in [-0.4, -0.2) is 33.9 Å². The molecule has 26 heavy (non-hydrogen) atoms. The van der Waals surface area contributed by atoms with Gasteiger partial charge in [-0.1, -0.05) is 41.4 Å². The maximum Gasteiger partial charge on any atom is 0.177 e. The molecule has 0 aliphatic carbocycles. The summed E-state index contributed by atoms with van der Waals surface area (Å²) in [5.74, 6) is 0. The summed E-state index contributed by atoms with van der Waals surface area (Å²) in [6.45, 7) is 2.01. The lowest BCUT2D eigenvalue weighted by molar-refractivity contribution is 0.0251.